The Kier molecular flexibility index (Phi) is 6.46. The first kappa shape index (κ1) is 20.9. The molecule has 0 saturated carbocycles. The Morgan fingerprint density at radius 2 is 1.52 bits per heavy atom. The number of benzene rings is 3. The number of imidazole rings is 1. The monoisotopic (exact) mass is 411 g/mol. The summed E-state index contributed by atoms with van der Waals surface area (Å²) in [7, 11) is 0. The van der Waals surface area contributed by atoms with Gasteiger partial charge in [-0.3, -0.25) is 4.79 Å². The van der Waals surface area contributed by atoms with Gasteiger partial charge in [-0.2, -0.15) is 0 Å². The molecule has 4 heteroatoms. The van der Waals surface area contributed by atoms with Gasteiger partial charge in [0.25, 0.3) is 0 Å². The van der Waals surface area contributed by atoms with E-state index >= 15 is 0 Å². The summed E-state index contributed by atoms with van der Waals surface area (Å²) in [6, 6.07) is 25.2. The lowest BCUT2D eigenvalue weighted by atomic mass is 10.1. The standard InChI is InChI=1S/C27H29N3O/c1-20-10-14-22(15-11-20)6-5-9-27(31)28-18-26-29-24-7-3-4-8-25(24)30(26)19-23-16-12-21(2)13-17-23/h3-4,7-8,10-17H,5-6,9,18-19H2,1-2H3,(H,28,31). The van der Waals surface area contributed by atoms with Crippen LogP contribution >= 0.6 is 0 Å². The van der Waals surface area contributed by atoms with Gasteiger partial charge in [0.1, 0.15) is 5.82 Å². The maximum absolute atomic E-state index is 12.4. The molecule has 4 nitrogen and oxygen atoms in total. The van der Waals surface area contributed by atoms with Gasteiger partial charge in [-0.15, -0.1) is 0 Å². The van der Waals surface area contributed by atoms with Crippen LogP contribution in [0.5, 0.6) is 0 Å². The van der Waals surface area contributed by atoms with Crippen molar-refractivity contribution in [3.63, 3.8) is 0 Å². The molecule has 0 spiro atoms. The number of para-hydroxylation sites is 2. The molecule has 0 aliphatic heterocycles. The van der Waals surface area contributed by atoms with Crippen molar-refractivity contribution in [2.24, 2.45) is 0 Å². The Balaban J connectivity index is 1.39. The summed E-state index contributed by atoms with van der Waals surface area (Å²) < 4.78 is 2.20. The number of hydrogen-bond acceptors (Lipinski definition) is 2. The molecular weight excluding hydrogens is 382 g/mol. The smallest absolute Gasteiger partial charge is 0.220 e. The van der Waals surface area contributed by atoms with Crippen molar-refractivity contribution < 1.29 is 4.79 Å². The van der Waals surface area contributed by atoms with Crippen LogP contribution in [0.4, 0.5) is 0 Å². The predicted molar refractivity (Wildman–Crippen MR) is 126 cm³/mol. The maximum atomic E-state index is 12.4. The van der Waals surface area contributed by atoms with E-state index in [1.807, 2.05) is 18.2 Å². The molecule has 1 heterocycles. The van der Waals surface area contributed by atoms with Crippen molar-refractivity contribution in [2.45, 2.75) is 46.2 Å². The molecule has 0 aliphatic carbocycles. The molecule has 0 fully saturated rings. The van der Waals surface area contributed by atoms with E-state index in [0.29, 0.717) is 13.0 Å². The Morgan fingerprint density at radius 1 is 0.871 bits per heavy atom. The number of carbonyl (C=O) groups is 1. The number of hydrogen-bond donors (Lipinski definition) is 1. The Morgan fingerprint density at radius 3 is 2.23 bits per heavy atom. The van der Waals surface area contributed by atoms with Crippen molar-refractivity contribution in [1.82, 2.24) is 14.9 Å². The van der Waals surface area contributed by atoms with Crippen LogP contribution in [0.25, 0.3) is 11.0 Å². The lowest BCUT2D eigenvalue weighted by molar-refractivity contribution is -0.121. The SMILES string of the molecule is Cc1ccc(CCCC(=O)NCc2nc3ccccc3n2Cc2ccc(C)cc2)cc1. The highest BCUT2D eigenvalue weighted by molar-refractivity contribution is 5.77. The van der Waals surface area contributed by atoms with Gasteiger partial charge >= 0.3 is 0 Å². The van der Waals surface area contributed by atoms with Gasteiger partial charge in [-0.25, -0.2) is 4.98 Å². The number of aryl methyl sites for hydroxylation is 3. The molecule has 1 aromatic heterocycles. The molecule has 4 rings (SSSR count). The van der Waals surface area contributed by atoms with E-state index in [4.69, 9.17) is 4.98 Å². The second-order valence-electron chi connectivity index (χ2n) is 8.20. The Bertz CT molecular complexity index is 1160. The first-order valence-electron chi connectivity index (χ1n) is 10.9. The first-order valence-corrected chi connectivity index (χ1v) is 10.9. The van der Waals surface area contributed by atoms with Gasteiger partial charge in [0.15, 0.2) is 0 Å². The molecule has 1 amide bonds. The first-order chi connectivity index (χ1) is 15.1. The second-order valence-corrected chi connectivity index (χ2v) is 8.20. The zero-order chi connectivity index (χ0) is 21.6. The number of amides is 1. The summed E-state index contributed by atoms with van der Waals surface area (Å²) in [5, 5.41) is 3.07. The topological polar surface area (TPSA) is 46.9 Å². The molecule has 0 bridgehead atoms. The summed E-state index contributed by atoms with van der Waals surface area (Å²) in [6.07, 6.45) is 2.28. The van der Waals surface area contributed by atoms with Gasteiger partial charge < -0.3 is 9.88 Å². The molecule has 0 saturated heterocycles. The van der Waals surface area contributed by atoms with Crippen LogP contribution < -0.4 is 5.32 Å². The normalized spacial score (nSPS) is 11.0. The highest BCUT2D eigenvalue weighted by Crippen LogP contribution is 2.18. The highest BCUT2D eigenvalue weighted by atomic mass is 16.1. The Hall–Kier alpha value is -3.40. The van der Waals surface area contributed by atoms with Crippen LogP contribution in [0.1, 0.15) is 40.9 Å². The van der Waals surface area contributed by atoms with E-state index in [-0.39, 0.29) is 5.91 Å². The number of fused-ring (bicyclic) bond motifs is 1. The third kappa shape index (κ3) is 5.40. The van der Waals surface area contributed by atoms with Crippen LogP contribution in [0, 0.1) is 13.8 Å². The number of carbonyl (C=O) groups excluding carboxylic acids is 1. The van der Waals surface area contributed by atoms with Gasteiger partial charge in [0.05, 0.1) is 17.6 Å². The van der Waals surface area contributed by atoms with Crippen LogP contribution in [0.3, 0.4) is 0 Å². The molecule has 0 unspecified atom stereocenters. The van der Waals surface area contributed by atoms with Crippen LogP contribution in [0.2, 0.25) is 0 Å². The molecule has 1 N–H and O–H groups in total. The summed E-state index contributed by atoms with van der Waals surface area (Å²) in [5.41, 5.74) is 7.05. The maximum Gasteiger partial charge on any atom is 0.220 e. The fraction of sp³-hybridized carbons (Fsp3) is 0.259. The van der Waals surface area contributed by atoms with Crippen LogP contribution in [-0.4, -0.2) is 15.5 Å². The minimum atomic E-state index is 0.0704. The van der Waals surface area contributed by atoms with Crippen molar-refractivity contribution in [3.05, 3.63) is 101 Å². The van der Waals surface area contributed by atoms with Crippen molar-refractivity contribution in [1.29, 1.82) is 0 Å². The van der Waals surface area contributed by atoms with E-state index in [2.05, 4.69) is 78.3 Å². The molecule has 31 heavy (non-hydrogen) atoms. The lowest BCUT2D eigenvalue weighted by Crippen LogP contribution is -2.24. The van der Waals surface area contributed by atoms with Crippen molar-refractivity contribution >= 4 is 16.9 Å². The van der Waals surface area contributed by atoms with Crippen molar-refractivity contribution in [2.75, 3.05) is 0 Å². The molecular formula is C27H29N3O. The largest absolute Gasteiger partial charge is 0.349 e. The zero-order valence-electron chi connectivity index (χ0n) is 18.3. The lowest BCUT2D eigenvalue weighted by Gasteiger charge is -2.11. The molecule has 3 aromatic carbocycles. The fourth-order valence-corrected chi connectivity index (χ4v) is 3.79. The third-order valence-electron chi connectivity index (χ3n) is 5.63. The van der Waals surface area contributed by atoms with E-state index in [0.717, 1.165) is 36.2 Å². The summed E-state index contributed by atoms with van der Waals surface area (Å²) in [4.78, 5) is 17.2. The molecule has 0 aliphatic rings. The van der Waals surface area contributed by atoms with E-state index in [9.17, 15) is 4.79 Å². The molecule has 158 valence electrons. The summed E-state index contributed by atoms with van der Waals surface area (Å²) in [5.74, 6) is 0.953. The summed E-state index contributed by atoms with van der Waals surface area (Å²) in [6.45, 7) is 5.35. The van der Waals surface area contributed by atoms with Crippen LogP contribution in [0.15, 0.2) is 72.8 Å². The average molecular weight is 412 g/mol. The van der Waals surface area contributed by atoms with Crippen LogP contribution in [-0.2, 0) is 24.3 Å². The number of nitrogens with one attached hydrogen (secondary N) is 1. The highest BCUT2D eigenvalue weighted by Gasteiger charge is 2.12. The summed E-state index contributed by atoms with van der Waals surface area (Å²) >= 11 is 0. The minimum absolute atomic E-state index is 0.0704. The number of aromatic nitrogens is 2. The quantitative estimate of drug-likeness (QED) is 0.425. The van der Waals surface area contributed by atoms with E-state index in [1.54, 1.807) is 0 Å². The van der Waals surface area contributed by atoms with Gasteiger partial charge in [-0.1, -0.05) is 71.8 Å². The van der Waals surface area contributed by atoms with E-state index in [1.165, 1.54) is 22.3 Å². The van der Waals surface area contributed by atoms with E-state index < -0.39 is 0 Å². The van der Waals surface area contributed by atoms with Gasteiger partial charge in [0, 0.05) is 13.0 Å². The molecule has 0 radical (unpaired) electrons. The third-order valence-corrected chi connectivity index (χ3v) is 5.63. The minimum Gasteiger partial charge on any atom is -0.349 e. The van der Waals surface area contributed by atoms with Gasteiger partial charge in [-0.05, 0) is 49.9 Å². The van der Waals surface area contributed by atoms with Gasteiger partial charge in [0.2, 0.25) is 5.91 Å². The fourth-order valence-electron chi connectivity index (χ4n) is 3.79. The number of nitrogens with zero attached hydrogens (tertiary/aromatic N) is 2. The molecule has 0 atom stereocenters. The average Bonchev–Trinajstić information content (AvgIpc) is 3.12. The van der Waals surface area contributed by atoms with Crippen molar-refractivity contribution in [3.8, 4) is 0 Å². The zero-order valence-corrected chi connectivity index (χ0v) is 18.3. The molecule has 4 aromatic rings. The Labute approximate surface area is 183 Å². The number of rotatable bonds is 8. The second kappa shape index (κ2) is 9.61. The predicted octanol–water partition coefficient (Wildman–Crippen LogP) is 5.34.